The van der Waals surface area contributed by atoms with E-state index in [1.54, 1.807) is 6.92 Å². The minimum atomic E-state index is 0.125. The van der Waals surface area contributed by atoms with E-state index in [0.717, 1.165) is 23.7 Å². The molecule has 1 aromatic rings. The van der Waals surface area contributed by atoms with Crippen LogP contribution in [0.1, 0.15) is 43.0 Å². The van der Waals surface area contributed by atoms with Crippen LogP contribution < -0.4 is 5.32 Å². The molecule has 1 aliphatic carbocycles. The van der Waals surface area contributed by atoms with E-state index in [-0.39, 0.29) is 5.78 Å². The van der Waals surface area contributed by atoms with Gasteiger partial charge in [0.2, 0.25) is 0 Å². The van der Waals surface area contributed by atoms with Gasteiger partial charge in [-0.05, 0) is 49.9 Å². The minimum Gasteiger partial charge on any atom is -0.385 e. The smallest absolute Gasteiger partial charge is 0.159 e. The van der Waals surface area contributed by atoms with Gasteiger partial charge >= 0.3 is 0 Å². The van der Waals surface area contributed by atoms with Crippen molar-refractivity contribution in [3.63, 3.8) is 0 Å². The fraction of sp³-hybridized carbons (Fsp3) is 0.500. The molecule has 16 heavy (non-hydrogen) atoms. The lowest BCUT2D eigenvalue weighted by molar-refractivity contribution is 0.101. The van der Waals surface area contributed by atoms with E-state index in [4.69, 9.17) is 0 Å². The topological polar surface area (TPSA) is 29.1 Å². The number of hydrogen-bond donors (Lipinski definition) is 1. The van der Waals surface area contributed by atoms with Gasteiger partial charge in [0.15, 0.2) is 5.78 Å². The normalized spacial score (nSPS) is 14.8. The van der Waals surface area contributed by atoms with Crippen molar-refractivity contribution in [2.24, 2.45) is 5.92 Å². The first-order valence-electron chi connectivity index (χ1n) is 6.10. The van der Waals surface area contributed by atoms with Crippen LogP contribution in [0.4, 0.5) is 5.69 Å². The molecule has 0 bridgehead atoms. The number of Topliss-reactive ketones (excluding diaryl/α,β-unsaturated/α-hetero) is 1. The molecule has 0 saturated heterocycles. The molecular weight excluding hydrogens is 198 g/mol. The number of hydrogen-bond acceptors (Lipinski definition) is 2. The van der Waals surface area contributed by atoms with Crippen molar-refractivity contribution in [1.82, 2.24) is 0 Å². The SMILES string of the molecule is CC(=O)c1ccc(NCCCC2CC2)cc1. The van der Waals surface area contributed by atoms with Gasteiger partial charge in [0.1, 0.15) is 0 Å². The molecule has 1 fully saturated rings. The Morgan fingerprint density at radius 2 is 2.00 bits per heavy atom. The Labute approximate surface area is 97.1 Å². The highest BCUT2D eigenvalue weighted by molar-refractivity contribution is 5.94. The standard InChI is InChI=1S/C14H19NO/c1-11(16)13-6-8-14(9-7-13)15-10-2-3-12-4-5-12/h6-9,12,15H,2-5,10H2,1H3. The van der Waals surface area contributed by atoms with E-state index in [2.05, 4.69) is 5.32 Å². The second-order valence-electron chi connectivity index (χ2n) is 4.65. The van der Waals surface area contributed by atoms with Gasteiger partial charge in [-0.1, -0.05) is 12.8 Å². The number of anilines is 1. The van der Waals surface area contributed by atoms with Crippen LogP contribution in [-0.2, 0) is 0 Å². The lowest BCUT2D eigenvalue weighted by Crippen LogP contribution is -2.02. The highest BCUT2D eigenvalue weighted by Crippen LogP contribution is 2.33. The Balaban J connectivity index is 1.73. The van der Waals surface area contributed by atoms with Crippen LogP contribution in [0.2, 0.25) is 0 Å². The van der Waals surface area contributed by atoms with E-state index >= 15 is 0 Å². The number of carbonyl (C=O) groups excluding carboxylic acids is 1. The summed E-state index contributed by atoms with van der Waals surface area (Å²) in [5, 5.41) is 3.38. The summed E-state index contributed by atoms with van der Waals surface area (Å²) >= 11 is 0. The van der Waals surface area contributed by atoms with Gasteiger partial charge in [0.05, 0.1) is 0 Å². The van der Waals surface area contributed by atoms with Gasteiger partial charge in [0, 0.05) is 17.8 Å². The first-order valence-corrected chi connectivity index (χ1v) is 6.10. The predicted molar refractivity (Wildman–Crippen MR) is 66.9 cm³/mol. The molecule has 1 saturated carbocycles. The quantitative estimate of drug-likeness (QED) is 0.583. The van der Waals surface area contributed by atoms with E-state index in [1.165, 1.54) is 25.7 Å². The van der Waals surface area contributed by atoms with Crippen LogP contribution >= 0.6 is 0 Å². The van der Waals surface area contributed by atoms with Gasteiger partial charge < -0.3 is 5.32 Å². The van der Waals surface area contributed by atoms with Crippen molar-refractivity contribution in [1.29, 1.82) is 0 Å². The Morgan fingerprint density at radius 3 is 2.56 bits per heavy atom. The van der Waals surface area contributed by atoms with Crippen LogP contribution in [0.25, 0.3) is 0 Å². The summed E-state index contributed by atoms with van der Waals surface area (Å²) in [7, 11) is 0. The first-order chi connectivity index (χ1) is 7.75. The van der Waals surface area contributed by atoms with Crippen molar-refractivity contribution in [2.75, 3.05) is 11.9 Å². The summed E-state index contributed by atoms with van der Waals surface area (Å²) in [5.41, 5.74) is 1.89. The summed E-state index contributed by atoms with van der Waals surface area (Å²) < 4.78 is 0. The van der Waals surface area contributed by atoms with Gasteiger partial charge in [-0.3, -0.25) is 4.79 Å². The van der Waals surface area contributed by atoms with Crippen LogP contribution in [0.15, 0.2) is 24.3 Å². The van der Waals surface area contributed by atoms with Crippen LogP contribution in [0.3, 0.4) is 0 Å². The zero-order valence-electron chi connectivity index (χ0n) is 9.83. The van der Waals surface area contributed by atoms with E-state index in [0.29, 0.717) is 0 Å². The molecule has 0 unspecified atom stereocenters. The molecule has 0 heterocycles. The zero-order chi connectivity index (χ0) is 11.4. The lowest BCUT2D eigenvalue weighted by atomic mass is 10.1. The van der Waals surface area contributed by atoms with Gasteiger partial charge in [0.25, 0.3) is 0 Å². The summed E-state index contributed by atoms with van der Waals surface area (Å²) in [5.74, 6) is 1.14. The third-order valence-electron chi connectivity index (χ3n) is 3.11. The van der Waals surface area contributed by atoms with E-state index in [1.807, 2.05) is 24.3 Å². The van der Waals surface area contributed by atoms with E-state index < -0.39 is 0 Å². The van der Waals surface area contributed by atoms with Crippen LogP contribution in [0.5, 0.6) is 0 Å². The molecule has 2 heteroatoms. The molecule has 1 aliphatic rings. The molecule has 1 aromatic carbocycles. The molecule has 2 rings (SSSR count). The summed E-state index contributed by atoms with van der Waals surface area (Å²) in [6.45, 7) is 2.63. The Bertz CT molecular complexity index is 352. The average Bonchev–Trinajstić information content (AvgIpc) is 3.09. The maximum absolute atomic E-state index is 11.1. The zero-order valence-corrected chi connectivity index (χ0v) is 9.83. The molecule has 1 N–H and O–H groups in total. The monoisotopic (exact) mass is 217 g/mol. The molecule has 0 aliphatic heterocycles. The fourth-order valence-corrected chi connectivity index (χ4v) is 1.85. The van der Waals surface area contributed by atoms with Gasteiger partial charge in [-0.2, -0.15) is 0 Å². The van der Waals surface area contributed by atoms with Crippen molar-refractivity contribution in [2.45, 2.75) is 32.6 Å². The lowest BCUT2D eigenvalue weighted by Gasteiger charge is -2.06. The second kappa shape index (κ2) is 5.15. The van der Waals surface area contributed by atoms with Crippen molar-refractivity contribution in [3.8, 4) is 0 Å². The summed E-state index contributed by atoms with van der Waals surface area (Å²) in [6.07, 6.45) is 5.48. The van der Waals surface area contributed by atoms with Gasteiger partial charge in [-0.15, -0.1) is 0 Å². The highest BCUT2D eigenvalue weighted by Gasteiger charge is 2.19. The molecule has 86 valence electrons. The Morgan fingerprint density at radius 1 is 1.31 bits per heavy atom. The molecule has 2 nitrogen and oxygen atoms in total. The number of carbonyl (C=O) groups is 1. The van der Waals surface area contributed by atoms with Crippen molar-refractivity contribution in [3.05, 3.63) is 29.8 Å². The molecule has 0 radical (unpaired) electrons. The molecule has 0 aromatic heterocycles. The number of rotatable bonds is 6. The van der Waals surface area contributed by atoms with E-state index in [9.17, 15) is 4.79 Å². The largest absolute Gasteiger partial charge is 0.385 e. The predicted octanol–water partition coefficient (Wildman–Crippen LogP) is 3.49. The number of ketones is 1. The van der Waals surface area contributed by atoms with Crippen LogP contribution in [-0.4, -0.2) is 12.3 Å². The third kappa shape index (κ3) is 3.37. The van der Waals surface area contributed by atoms with Crippen molar-refractivity contribution >= 4 is 11.5 Å². The van der Waals surface area contributed by atoms with Gasteiger partial charge in [-0.25, -0.2) is 0 Å². The average molecular weight is 217 g/mol. The maximum Gasteiger partial charge on any atom is 0.159 e. The number of benzene rings is 1. The molecule has 0 atom stereocenters. The fourth-order valence-electron chi connectivity index (χ4n) is 1.85. The van der Waals surface area contributed by atoms with Crippen molar-refractivity contribution < 1.29 is 4.79 Å². The number of nitrogens with one attached hydrogen (secondary N) is 1. The van der Waals surface area contributed by atoms with Crippen LogP contribution in [0, 0.1) is 5.92 Å². The highest BCUT2D eigenvalue weighted by atomic mass is 16.1. The molecule has 0 amide bonds. The Hall–Kier alpha value is -1.31. The molecular formula is C14H19NO. The summed E-state index contributed by atoms with van der Waals surface area (Å²) in [4.78, 5) is 11.1. The third-order valence-corrected chi connectivity index (χ3v) is 3.11. The Kier molecular flexibility index (Phi) is 3.60. The summed E-state index contributed by atoms with van der Waals surface area (Å²) in [6, 6.07) is 7.72. The first kappa shape index (κ1) is 11.2. The maximum atomic E-state index is 11.1. The second-order valence-corrected chi connectivity index (χ2v) is 4.65. The molecule has 0 spiro atoms. The minimum absolute atomic E-state index is 0.125.